The van der Waals surface area contributed by atoms with Crippen LogP contribution < -0.4 is 0 Å². The third-order valence-corrected chi connectivity index (χ3v) is 4.12. The molecule has 20 heavy (non-hydrogen) atoms. The second-order valence-corrected chi connectivity index (χ2v) is 5.89. The van der Waals surface area contributed by atoms with Crippen LogP contribution in [-0.2, 0) is 11.3 Å². The van der Waals surface area contributed by atoms with Crippen LogP contribution in [0, 0.1) is 5.92 Å². The molecule has 0 aromatic heterocycles. The molecule has 0 amide bonds. The van der Waals surface area contributed by atoms with Gasteiger partial charge in [-0.1, -0.05) is 31.4 Å². The predicted molar refractivity (Wildman–Crippen MR) is 80.7 cm³/mol. The Hall–Kier alpha value is -1.35. The molecule has 1 aromatic carbocycles. The number of ether oxygens (including phenoxy) is 1. The second kappa shape index (κ2) is 7.44. The highest BCUT2D eigenvalue weighted by atomic mass is 16.5. The van der Waals surface area contributed by atoms with Gasteiger partial charge >= 0.3 is 5.97 Å². The minimum Gasteiger partial charge on any atom is -0.465 e. The van der Waals surface area contributed by atoms with Gasteiger partial charge in [-0.2, -0.15) is 0 Å². The van der Waals surface area contributed by atoms with E-state index >= 15 is 0 Å². The van der Waals surface area contributed by atoms with Crippen molar-refractivity contribution in [3.05, 3.63) is 35.4 Å². The number of hydrogen-bond acceptors (Lipinski definition) is 3. The molecular weight excluding hydrogens is 250 g/mol. The Balaban J connectivity index is 1.84. The SMILES string of the molecule is COC(=O)c1ccc(CN(C)CC2CCCCC2)cc1. The largest absolute Gasteiger partial charge is 0.465 e. The van der Waals surface area contributed by atoms with Gasteiger partial charge in [0, 0.05) is 13.1 Å². The maximum absolute atomic E-state index is 11.4. The van der Waals surface area contributed by atoms with Crippen molar-refractivity contribution < 1.29 is 9.53 Å². The summed E-state index contributed by atoms with van der Waals surface area (Å²) >= 11 is 0. The van der Waals surface area contributed by atoms with E-state index in [0.29, 0.717) is 5.56 Å². The number of hydrogen-bond donors (Lipinski definition) is 0. The summed E-state index contributed by atoms with van der Waals surface area (Å²) in [5.41, 5.74) is 1.86. The fourth-order valence-electron chi connectivity index (χ4n) is 3.05. The number of methoxy groups -OCH3 is 1. The molecule has 110 valence electrons. The van der Waals surface area contributed by atoms with E-state index in [-0.39, 0.29) is 5.97 Å². The quantitative estimate of drug-likeness (QED) is 0.770. The van der Waals surface area contributed by atoms with Crippen molar-refractivity contribution in [2.24, 2.45) is 5.92 Å². The third kappa shape index (κ3) is 4.34. The summed E-state index contributed by atoms with van der Waals surface area (Å²) in [5, 5.41) is 0. The van der Waals surface area contributed by atoms with Gasteiger partial charge in [-0.25, -0.2) is 4.79 Å². The number of esters is 1. The summed E-state index contributed by atoms with van der Waals surface area (Å²) < 4.78 is 4.71. The van der Waals surface area contributed by atoms with Crippen molar-refractivity contribution in [3.63, 3.8) is 0 Å². The van der Waals surface area contributed by atoms with Crippen LogP contribution in [0.5, 0.6) is 0 Å². The molecule has 1 fully saturated rings. The van der Waals surface area contributed by atoms with Crippen LogP contribution in [0.2, 0.25) is 0 Å². The molecule has 0 bridgehead atoms. The molecule has 1 saturated carbocycles. The highest BCUT2D eigenvalue weighted by Gasteiger charge is 2.15. The van der Waals surface area contributed by atoms with Crippen molar-refractivity contribution in [2.75, 3.05) is 20.7 Å². The van der Waals surface area contributed by atoms with E-state index in [2.05, 4.69) is 11.9 Å². The molecular formula is C17H25NO2. The summed E-state index contributed by atoms with van der Waals surface area (Å²) in [6, 6.07) is 7.72. The van der Waals surface area contributed by atoms with Gasteiger partial charge in [0.2, 0.25) is 0 Å². The predicted octanol–water partition coefficient (Wildman–Crippen LogP) is 3.49. The molecule has 0 unspecified atom stereocenters. The maximum Gasteiger partial charge on any atom is 0.337 e. The average Bonchev–Trinajstić information content (AvgIpc) is 2.48. The number of benzene rings is 1. The Bertz CT molecular complexity index is 421. The lowest BCUT2D eigenvalue weighted by molar-refractivity contribution is 0.0600. The standard InChI is InChI=1S/C17H25NO2/c1-18(12-14-6-4-3-5-7-14)13-15-8-10-16(11-9-15)17(19)20-2/h8-11,14H,3-7,12-13H2,1-2H3. The summed E-state index contributed by atoms with van der Waals surface area (Å²) in [4.78, 5) is 13.8. The fraction of sp³-hybridized carbons (Fsp3) is 0.588. The summed E-state index contributed by atoms with van der Waals surface area (Å²) in [6.45, 7) is 2.12. The molecule has 0 N–H and O–H groups in total. The maximum atomic E-state index is 11.4. The number of carbonyl (C=O) groups excluding carboxylic acids is 1. The van der Waals surface area contributed by atoms with Crippen LogP contribution in [0.3, 0.4) is 0 Å². The van der Waals surface area contributed by atoms with Crippen LogP contribution in [-0.4, -0.2) is 31.6 Å². The molecule has 0 heterocycles. The van der Waals surface area contributed by atoms with Gasteiger partial charge in [0.1, 0.15) is 0 Å². The first-order chi connectivity index (χ1) is 9.69. The summed E-state index contributed by atoms with van der Waals surface area (Å²) in [7, 11) is 3.59. The number of rotatable bonds is 5. The Morgan fingerprint density at radius 1 is 1.20 bits per heavy atom. The van der Waals surface area contributed by atoms with Crippen LogP contribution >= 0.6 is 0 Å². The fourth-order valence-corrected chi connectivity index (χ4v) is 3.05. The molecule has 0 saturated heterocycles. The molecule has 0 atom stereocenters. The smallest absolute Gasteiger partial charge is 0.337 e. The van der Waals surface area contributed by atoms with Crippen LogP contribution in [0.25, 0.3) is 0 Å². The van der Waals surface area contributed by atoms with Crippen LogP contribution in [0.4, 0.5) is 0 Å². The Morgan fingerprint density at radius 2 is 1.85 bits per heavy atom. The van der Waals surface area contributed by atoms with Crippen LogP contribution in [0.15, 0.2) is 24.3 Å². The molecule has 3 nitrogen and oxygen atoms in total. The van der Waals surface area contributed by atoms with E-state index < -0.39 is 0 Å². The topological polar surface area (TPSA) is 29.5 Å². The Morgan fingerprint density at radius 3 is 2.45 bits per heavy atom. The molecule has 1 aromatic rings. The van der Waals surface area contributed by atoms with Gasteiger partial charge in [0.15, 0.2) is 0 Å². The highest BCUT2D eigenvalue weighted by Crippen LogP contribution is 2.24. The van der Waals surface area contributed by atoms with E-state index in [4.69, 9.17) is 4.74 Å². The normalized spacial score (nSPS) is 16.4. The second-order valence-electron chi connectivity index (χ2n) is 5.89. The molecule has 1 aliphatic carbocycles. The first-order valence-electron chi connectivity index (χ1n) is 7.55. The minimum atomic E-state index is -0.271. The lowest BCUT2D eigenvalue weighted by Crippen LogP contribution is -2.26. The highest BCUT2D eigenvalue weighted by molar-refractivity contribution is 5.89. The van der Waals surface area contributed by atoms with E-state index in [1.165, 1.54) is 51.3 Å². The third-order valence-electron chi connectivity index (χ3n) is 4.12. The van der Waals surface area contributed by atoms with Crippen LogP contribution in [0.1, 0.15) is 48.0 Å². The first kappa shape index (κ1) is 15.0. The van der Waals surface area contributed by atoms with Crippen molar-refractivity contribution in [3.8, 4) is 0 Å². The summed E-state index contributed by atoms with van der Waals surface area (Å²) in [6.07, 6.45) is 6.96. The number of carbonyl (C=O) groups is 1. The van der Waals surface area contributed by atoms with Gasteiger partial charge in [-0.15, -0.1) is 0 Å². The van der Waals surface area contributed by atoms with Gasteiger partial charge in [0.05, 0.1) is 12.7 Å². The molecule has 3 heteroatoms. The van der Waals surface area contributed by atoms with Crippen molar-refractivity contribution in [1.29, 1.82) is 0 Å². The Kier molecular flexibility index (Phi) is 5.60. The van der Waals surface area contributed by atoms with Gasteiger partial charge in [-0.05, 0) is 43.5 Å². The van der Waals surface area contributed by atoms with E-state index in [1.54, 1.807) is 0 Å². The first-order valence-corrected chi connectivity index (χ1v) is 7.55. The van der Waals surface area contributed by atoms with Crippen molar-refractivity contribution in [2.45, 2.75) is 38.6 Å². The lowest BCUT2D eigenvalue weighted by atomic mass is 9.89. The molecule has 1 aliphatic rings. The van der Waals surface area contributed by atoms with Gasteiger partial charge in [0.25, 0.3) is 0 Å². The zero-order valence-corrected chi connectivity index (χ0v) is 12.6. The van der Waals surface area contributed by atoms with E-state index in [0.717, 1.165) is 12.5 Å². The van der Waals surface area contributed by atoms with Gasteiger partial charge < -0.3 is 9.64 Å². The summed E-state index contributed by atoms with van der Waals surface area (Å²) in [5.74, 6) is 0.593. The van der Waals surface area contributed by atoms with Crippen molar-refractivity contribution >= 4 is 5.97 Å². The molecule has 2 rings (SSSR count). The van der Waals surface area contributed by atoms with Gasteiger partial charge in [-0.3, -0.25) is 0 Å². The molecule has 0 aliphatic heterocycles. The molecule has 0 radical (unpaired) electrons. The monoisotopic (exact) mass is 275 g/mol. The Labute approximate surface area is 121 Å². The minimum absolute atomic E-state index is 0.271. The lowest BCUT2D eigenvalue weighted by Gasteiger charge is -2.27. The van der Waals surface area contributed by atoms with E-state index in [9.17, 15) is 4.79 Å². The number of nitrogens with zero attached hydrogens (tertiary/aromatic N) is 1. The van der Waals surface area contributed by atoms with Crippen molar-refractivity contribution in [1.82, 2.24) is 4.90 Å². The molecule has 0 spiro atoms. The zero-order valence-electron chi connectivity index (χ0n) is 12.6. The average molecular weight is 275 g/mol. The van der Waals surface area contributed by atoms with E-state index in [1.807, 2.05) is 24.3 Å². The zero-order chi connectivity index (χ0) is 14.4.